The number of aromatic nitrogens is 1. The van der Waals surface area contributed by atoms with E-state index >= 15 is 0 Å². The first-order chi connectivity index (χ1) is 13.1. The summed E-state index contributed by atoms with van der Waals surface area (Å²) >= 11 is 0. The summed E-state index contributed by atoms with van der Waals surface area (Å²) < 4.78 is 17.2. The van der Waals surface area contributed by atoms with Crippen LogP contribution in [0.25, 0.3) is 0 Å². The molecule has 0 bridgehead atoms. The van der Waals surface area contributed by atoms with E-state index in [0.717, 1.165) is 18.5 Å². The summed E-state index contributed by atoms with van der Waals surface area (Å²) in [5, 5.41) is 0. The van der Waals surface area contributed by atoms with Gasteiger partial charge in [0.25, 0.3) is 0 Å². The van der Waals surface area contributed by atoms with E-state index in [9.17, 15) is 9.36 Å². The maximum atomic E-state index is 12.5. The summed E-state index contributed by atoms with van der Waals surface area (Å²) in [5.74, 6) is 0.102. The number of Topliss-reactive ketones (excluding diaryl/α,β-unsaturated/α-hetero) is 1. The third-order valence-electron chi connectivity index (χ3n) is 4.74. The van der Waals surface area contributed by atoms with E-state index in [0.29, 0.717) is 25.0 Å². The topological polar surface area (TPSA) is 115 Å². The Morgan fingerprint density at radius 2 is 1.86 bits per heavy atom. The fraction of sp³-hybridized carbons (Fsp3) is 0.450. The minimum absolute atomic E-state index is 0.102. The number of carbonyl (C=O) groups excluding carboxylic acids is 1. The van der Waals surface area contributed by atoms with Crippen LogP contribution < -0.4 is 5.73 Å². The Balaban J connectivity index is 1.86. The quantitative estimate of drug-likeness (QED) is 0.389. The van der Waals surface area contributed by atoms with Gasteiger partial charge in [-0.1, -0.05) is 30.3 Å². The number of nitrogens with two attached hydrogens (primary N) is 1. The Bertz CT molecular complexity index is 826. The van der Waals surface area contributed by atoms with Gasteiger partial charge in [-0.25, -0.2) is 4.57 Å². The van der Waals surface area contributed by atoms with E-state index < -0.39 is 13.4 Å². The summed E-state index contributed by atoms with van der Waals surface area (Å²) in [7, 11) is -2.69. The average Bonchev–Trinajstić information content (AvgIpc) is 3.00. The van der Waals surface area contributed by atoms with Crippen LogP contribution in [0.4, 0.5) is 0 Å². The zero-order valence-electron chi connectivity index (χ0n) is 16.4. The van der Waals surface area contributed by atoms with Gasteiger partial charge in [0.1, 0.15) is 0 Å². The second-order valence-corrected chi connectivity index (χ2v) is 8.69. The van der Waals surface area contributed by atoms with Gasteiger partial charge in [-0.15, -0.1) is 0 Å². The minimum Gasteiger partial charge on any atom is -0.345 e. The summed E-state index contributed by atoms with van der Waals surface area (Å²) in [5.41, 5.74) is 8.01. The van der Waals surface area contributed by atoms with Crippen molar-refractivity contribution in [3.63, 3.8) is 0 Å². The highest BCUT2D eigenvalue weighted by molar-refractivity contribution is 7.46. The van der Waals surface area contributed by atoms with Crippen LogP contribution in [0, 0.1) is 0 Å². The standard InChI is InChI=1S/C20H29N2O5P/c1-20(21,15-27-28(24,25)26)14-13-17-11-12-18(22(17)2)19(23)10-6-9-16-7-4-3-5-8-16/h3-5,7-8,11-12H,6,9-10,13-15,21H2,1-2H3,(H2,24,25,26). The second-order valence-electron chi connectivity index (χ2n) is 7.45. The average molecular weight is 408 g/mol. The van der Waals surface area contributed by atoms with Crippen molar-refractivity contribution >= 4 is 13.6 Å². The number of phosphoric ester groups is 1. The lowest BCUT2D eigenvalue weighted by Gasteiger charge is -2.24. The maximum absolute atomic E-state index is 12.5. The van der Waals surface area contributed by atoms with Crippen LogP contribution >= 0.6 is 7.82 Å². The molecule has 8 heteroatoms. The molecule has 154 valence electrons. The molecule has 0 saturated heterocycles. The number of ketones is 1. The molecule has 7 nitrogen and oxygen atoms in total. The SMILES string of the molecule is Cn1c(CCC(C)(N)COP(=O)(O)O)ccc1C(=O)CCCc1ccccc1. The largest absolute Gasteiger partial charge is 0.469 e. The van der Waals surface area contributed by atoms with E-state index in [-0.39, 0.29) is 12.4 Å². The van der Waals surface area contributed by atoms with Gasteiger partial charge in [-0.05, 0) is 50.3 Å². The van der Waals surface area contributed by atoms with E-state index in [1.54, 1.807) is 6.92 Å². The Kier molecular flexibility index (Phi) is 7.75. The minimum atomic E-state index is -4.54. The third-order valence-corrected chi connectivity index (χ3v) is 5.20. The van der Waals surface area contributed by atoms with Crippen molar-refractivity contribution < 1.29 is 23.7 Å². The molecule has 0 fully saturated rings. The van der Waals surface area contributed by atoms with Crippen LogP contribution in [0.3, 0.4) is 0 Å². The van der Waals surface area contributed by atoms with Crippen LogP contribution in [0.15, 0.2) is 42.5 Å². The predicted molar refractivity (Wildman–Crippen MR) is 108 cm³/mol. The van der Waals surface area contributed by atoms with Crippen LogP contribution in [-0.2, 0) is 29.0 Å². The number of hydrogen-bond donors (Lipinski definition) is 3. The molecule has 0 spiro atoms. The highest BCUT2D eigenvalue weighted by Gasteiger charge is 2.25. The summed E-state index contributed by atoms with van der Waals surface area (Å²) in [6, 6.07) is 13.8. The molecule has 28 heavy (non-hydrogen) atoms. The van der Waals surface area contributed by atoms with Crippen molar-refractivity contribution in [3.8, 4) is 0 Å². The van der Waals surface area contributed by atoms with Crippen LogP contribution in [0.5, 0.6) is 0 Å². The van der Waals surface area contributed by atoms with E-state index in [1.165, 1.54) is 5.56 Å². The smallest absolute Gasteiger partial charge is 0.345 e. The molecule has 2 aromatic rings. The Labute approximate surface area is 165 Å². The zero-order chi connectivity index (χ0) is 20.8. The number of aryl methyl sites for hydroxylation is 2. The van der Waals surface area contributed by atoms with Gasteiger partial charge in [0.15, 0.2) is 5.78 Å². The number of nitrogens with zero attached hydrogens (tertiary/aromatic N) is 1. The highest BCUT2D eigenvalue weighted by atomic mass is 31.2. The Morgan fingerprint density at radius 1 is 1.18 bits per heavy atom. The molecule has 1 atom stereocenters. The molecule has 0 amide bonds. The Hall–Kier alpha value is -1.76. The summed E-state index contributed by atoms with van der Waals surface area (Å²) in [4.78, 5) is 30.2. The van der Waals surface area contributed by atoms with Crippen molar-refractivity contribution in [2.45, 2.75) is 44.6 Å². The number of hydrogen-bond acceptors (Lipinski definition) is 4. The van der Waals surface area contributed by atoms with Gasteiger partial charge in [0, 0.05) is 24.7 Å². The molecule has 0 aliphatic rings. The van der Waals surface area contributed by atoms with E-state index in [1.807, 2.05) is 41.9 Å². The first-order valence-electron chi connectivity index (χ1n) is 9.28. The Morgan fingerprint density at radius 3 is 2.50 bits per heavy atom. The molecule has 1 aromatic heterocycles. The lowest BCUT2D eigenvalue weighted by molar-refractivity contribution is 0.0971. The first kappa shape index (κ1) is 22.5. The highest BCUT2D eigenvalue weighted by Crippen LogP contribution is 2.36. The molecule has 0 radical (unpaired) electrons. The van der Waals surface area contributed by atoms with Crippen molar-refractivity contribution in [2.24, 2.45) is 12.8 Å². The molecule has 1 unspecified atom stereocenters. The molecular weight excluding hydrogens is 379 g/mol. The molecule has 1 heterocycles. The van der Waals surface area contributed by atoms with Crippen LogP contribution in [0.1, 0.15) is 47.9 Å². The molecule has 1 aromatic carbocycles. The van der Waals surface area contributed by atoms with Gasteiger partial charge >= 0.3 is 7.82 Å². The predicted octanol–water partition coefficient (Wildman–Crippen LogP) is 2.99. The van der Waals surface area contributed by atoms with Gasteiger partial charge in [0.2, 0.25) is 0 Å². The number of phosphoric acid groups is 1. The molecule has 4 N–H and O–H groups in total. The zero-order valence-corrected chi connectivity index (χ0v) is 17.3. The number of rotatable bonds is 11. The van der Waals surface area contributed by atoms with Crippen molar-refractivity contribution in [1.82, 2.24) is 4.57 Å². The van der Waals surface area contributed by atoms with Gasteiger partial charge in [-0.3, -0.25) is 9.32 Å². The molecule has 0 aliphatic heterocycles. The van der Waals surface area contributed by atoms with Crippen molar-refractivity contribution in [2.75, 3.05) is 6.61 Å². The normalized spacial score (nSPS) is 14.0. The van der Waals surface area contributed by atoms with Crippen molar-refractivity contribution in [1.29, 1.82) is 0 Å². The number of benzene rings is 1. The van der Waals surface area contributed by atoms with Gasteiger partial charge < -0.3 is 20.1 Å². The monoisotopic (exact) mass is 408 g/mol. The van der Waals surface area contributed by atoms with Gasteiger partial charge in [-0.2, -0.15) is 0 Å². The van der Waals surface area contributed by atoms with Crippen LogP contribution in [0.2, 0.25) is 0 Å². The fourth-order valence-electron chi connectivity index (χ4n) is 3.03. The van der Waals surface area contributed by atoms with Crippen molar-refractivity contribution in [3.05, 3.63) is 59.4 Å². The molecule has 0 aliphatic carbocycles. The fourth-order valence-corrected chi connectivity index (χ4v) is 3.49. The molecular formula is C20H29N2O5P. The second kappa shape index (κ2) is 9.63. The molecule has 0 saturated carbocycles. The maximum Gasteiger partial charge on any atom is 0.469 e. The first-order valence-corrected chi connectivity index (χ1v) is 10.8. The third kappa shape index (κ3) is 7.34. The summed E-state index contributed by atoms with van der Waals surface area (Å²) in [6.07, 6.45) is 3.19. The lowest BCUT2D eigenvalue weighted by Crippen LogP contribution is -2.41. The van der Waals surface area contributed by atoms with Crippen LogP contribution in [-0.4, -0.2) is 32.3 Å². The summed E-state index contributed by atoms with van der Waals surface area (Å²) in [6.45, 7) is 1.44. The van der Waals surface area contributed by atoms with Gasteiger partial charge in [0.05, 0.1) is 12.3 Å². The van der Waals surface area contributed by atoms with E-state index in [4.69, 9.17) is 15.5 Å². The lowest BCUT2D eigenvalue weighted by atomic mass is 9.97. The number of carbonyl (C=O) groups is 1. The van der Waals surface area contributed by atoms with E-state index in [2.05, 4.69) is 16.7 Å². The molecule has 2 rings (SSSR count).